The molecule has 0 unspecified atom stereocenters. The monoisotopic (exact) mass is 735 g/mol. The summed E-state index contributed by atoms with van der Waals surface area (Å²) >= 11 is 0. The van der Waals surface area contributed by atoms with Crippen LogP contribution in [0.3, 0.4) is 0 Å². The van der Waals surface area contributed by atoms with Crippen molar-refractivity contribution >= 4 is 18.0 Å². The Hall–Kier alpha value is -4.04. The largest absolute Gasteiger partial charge is 0.504 e. The maximum absolute atomic E-state index is 13.4. The van der Waals surface area contributed by atoms with Crippen molar-refractivity contribution in [3.8, 4) is 23.0 Å². The Kier molecular flexibility index (Phi) is 13.3. The first-order chi connectivity index (χ1) is 24.8. The number of esters is 2. The Morgan fingerprint density at radius 2 is 1.60 bits per heavy atom. The summed E-state index contributed by atoms with van der Waals surface area (Å²) in [6.45, 7) is 1.81. The van der Waals surface area contributed by atoms with E-state index in [2.05, 4.69) is 5.32 Å². The van der Waals surface area contributed by atoms with Crippen molar-refractivity contribution in [1.82, 2.24) is 5.32 Å². The minimum absolute atomic E-state index is 0.101. The number of piperidine rings is 1. The highest BCUT2D eigenvalue weighted by atomic mass is 16.7. The smallest absolute Gasteiger partial charge is 0.330 e. The van der Waals surface area contributed by atoms with E-state index in [0.29, 0.717) is 37.1 Å². The van der Waals surface area contributed by atoms with Gasteiger partial charge in [-0.25, -0.2) is 4.79 Å². The molecule has 52 heavy (non-hydrogen) atoms. The molecule has 2 aromatic carbocycles. The van der Waals surface area contributed by atoms with Crippen LogP contribution in [-0.2, 0) is 44.4 Å². The van der Waals surface area contributed by atoms with E-state index in [-0.39, 0.29) is 30.3 Å². The predicted octanol–water partition coefficient (Wildman–Crippen LogP) is -0.465. The van der Waals surface area contributed by atoms with Crippen molar-refractivity contribution in [3.05, 3.63) is 53.6 Å². The van der Waals surface area contributed by atoms with E-state index in [1.54, 1.807) is 6.07 Å². The summed E-state index contributed by atoms with van der Waals surface area (Å²) in [4.78, 5) is 26.3. The van der Waals surface area contributed by atoms with Crippen LogP contribution in [0.5, 0.6) is 23.0 Å². The molecule has 0 saturated carbocycles. The normalized spacial score (nSPS) is 32.4. The molecule has 2 aromatic rings. The molecule has 3 heterocycles. The zero-order valence-electron chi connectivity index (χ0n) is 28.3. The molecule has 0 bridgehead atoms. The molecule has 17 heteroatoms. The number of carbonyl (C=O) groups is 2. The summed E-state index contributed by atoms with van der Waals surface area (Å²) in [5.74, 6) is -3.50. The number of rotatable bonds is 12. The second kappa shape index (κ2) is 17.7. The number of benzene rings is 2. The van der Waals surface area contributed by atoms with Crippen LogP contribution in [0, 0.1) is 5.92 Å². The van der Waals surface area contributed by atoms with E-state index in [1.165, 1.54) is 43.3 Å². The van der Waals surface area contributed by atoms with Gasteiger partial charge in [0.05, 0.1) is 18.6 Å². The molecule has 0 radical (unpaired) electrons. The van der Waals surface area contributed by atoms with Gasteiger partial charge < -0.3 is 74.6 Å². The zero-order valence-corrected chi connectivity index (χ0v) is 28.3. The van der Waals surface area contributed by atoms with Crippen molar-refractivity contribution in [2.75, 3.05) is 26.3 Å². The van der Waals surface area contributed by atoms with Gasteiger partial charge in [0.1, 0.15) is 43.2 Å². The molecule has 3 aliphatic heterocycles. The summed E-state index contributed by atoms with van der Waals surface area (Å²) in [6.07, 6.45) is -11.4. The maximum Gasteiger partial charge on any atom is 0.330 e. The lowest BCUT2D eigenvalue weighted by Crippen LogP contribution is -2.65. The van der Waals surface area contributed by atoms with Crippen molar-refractivity contribution in [2.24, 2.45) is 5.92 Å². The molecule has 3 fully saturated rings. The van der Waals surface area contributed by atoms with Crippen LogP contribution in [0.15, 0.2) is 42.5 Å². The van der Waals surface area contributed by atoms with Gasteiger partial charge in [-0.05, 0) is 74.2 Å². The van der Waals surface area contributed by atoms with Crippen molar-refractivity contribution in [2.45, 2.75) is 87.6 Å². The highest BCUT2D eigenvalue weighted by molar-refractivity contribution is 5.87. The third kappa shape index (κ3) is 9.68. The standard InChI is InChI=1S/C35H45NO16/c1-17-27(42)28(43)29(44)35(49-17)52-32-30(45)34(47-12-10-19-5-8-22(38)24(40)14-19)50-25(31(32)51-33(46)20-3-2-11-36-15-20)16-48-26(41)9-6-18-4-7-21(37)23(39)13-18/h4-9,13-14,17,20,25,27-32,34-40,42-45H,2-3,10-12,15-16H2,1H3/t17-,20-,25+,27-,28+,29+,30+,31+,32+,34+,35-/m0/s1. The average Bonchev–Trinajstić information content (AvgIpc) is 3.13. The van der Waals surface area contributed by atoms with Crippen molar-refractivity contribution < 1.29 is 78.9 Å². The Morgan fingerprint density at radius 1 is 0.865 bits per heavy atom. The molecule has 286 valence electrons. The lowest BCUT2D eigenvalue weighted by atomic mass is 9.96. The average molecular weight is 736 g/mol. The molecule has 3 aliphatic rings. The Labute approximate surface area is 298 Å². The van der Waals surface area contributed by atoms with Gasteiger partial charge in [0.25, 0.3) is 0 Å². The van der Waals surface area contributed by atoms with E-state index in [4.69, 9.17) is 28.4 Å². The molecule has 9 N–H and O–H groups in total. The summed E-state index contributed by atoms with van der Waals surface area (Å²) in [7, 11) is 0. The van der Waals surface area contributed by atoms with Crippen LogP contribution in [0.2, 0.25) is 0 Å². The van der Waals surface area contributed by atoms with Crippen LogP contribution >= 0.6 is 0 Å². The Bertz CT molecular complexity index is 1550. The summed E-state index contributed by atoms with van der Waals surface area (Å²) in [5.41, 5.74) is 0.939. The Balaban J connectivity index is 1.38. The van der Waals surface area contributed by atoms with Crippen molar-refractivity contribution in [1.29, 1.82) is 0 Å². The van der Waals surface area contributed by atoms with Crippen molar-refractivity contribution in [3.63, 3.8) is 0 Å². The van der Waals surface area contributed by atoms with E-state index in [0.717, 1.165) is 6.08 Å². The van der Waals surface area contributed by atoms with Gasteiger partial charge in [0.15, 0.2) is 41.7 Å². The number of aliphatic hydroxyl groups excluding tert-OH is 4. The van der Waals surface area contributed by atoms with Crippen LogP contribution in [0.4, 0.5) is 0 Å². The fourth-order valence-electron chi connectivity index (χ4n) is 6.07. The van der Waals surface area contributed by atoms with Crippen LogP contribution in [0.25, 0.3) is 6.08 Å². The lowest BCUT2D eigenvalue weighted by molar-refractivity contribution is -0.358. The van der Waals surface area contributed by atoms with Gasteiger partial charge in [0, 0.05) is 12.6 Å². The lowest BCUT2D eigenvalue weighted by Gasteiger charge is -2.47. The molecule has 5 rings (SSSR count). The van der Waals surface area contributed by atoms with Gasteiger partial charge in [-0.3, -0.25) is 4.79 Å². The van der Waals surface area contributed by atoms with Gasteiger partial charge in [-0.15, -0.1) is 0 Å². The zero-order chi connectivity index (χ0) is 37.5. The molecular formula is C35H45NO16. The molecule has 0 aromatic heterocycles. The Morgan fingerprint density at radius 3 is 2.29 bits per heavy atom. The first kappa shape index (κ1) is 39.2. The highest BCUT2D eigenvalue weighted by Crippen LogP contribution is 2.33. The summed E-state index contributed by atoms with van der Waals surface area (Å²) in [5, 5.41) is 84.9. The summed E-state index contributed by atoms with van der Waals surface area (Å²) < 4.78 is 34.9. The molecule has 0 amide bonds. The SMILES string of the molecule is C[C@@H]1O[C@@H](O[C@@H]2[C@@H](O)[C@H](OCCc3ccc(O)c(O)c3)O[C@H](COC(=O)C=Cc3ccc(O)c(O)c3)[C@H]2OC(=O)[C@H]2CCCNC2)[C@H](O)[C@H](O)[C@H]1O. The first-order valence-corrected chi connectivity index (χ1v) is 16.9. The molecule has 11 atom stereocenters. The molecule has 0 aliphatic carbocycles. The van der Waals surface area contributed by atoms with E-state index < -0.39 is 91.6 Å². The first-order valence-electron chi connectivity index (χ1n) is 16.9. The minimum Gasteiger partial charge on any atom is -0.504 e. The van der Waals surface area contributed by atoms with Crippen LogP contribution < -0.4 is 5.32 Å². The number of ether oxygens (including phenoxy) is 6. The number of carbonyl (C=O) groups excluding carboxylic acids is 2. The number of phenols is 4. The summed E-state index contributed by atoms with van der Waals surface area (Å²) in [6, 6.07) is 8.09. The second-order valence-corrected chi connectivity index (χ2v) is 12.9. The number of aliphatic hydroxyl groups is 4. The number of hydrogen-bond donors (Lipinski definition) is 9. The van der Waals surface area contributed by atoms with Crippen LogP contribution in [0.1, 0.15) is 30.9 Å². The predicted molar refractivity (Wildman–Crippen MR) is 177 cm³/mol. The van der Waals surface area contributed by atoms with Gasteiger partial charge in [0.2, 0.25) is 0 Å². The number of nitrogens with one attached hydrogen (secondary N) is 1. The van der Waals surface area contributed by atoms with Gasteiger partial charge in [-0.2, -0.15) is 0 Å². The maximum atomic E-state index is 13.4. The third-order valence-corrected chi connectivity index (χ3v) is 9.11. The molecule has 17 nitrogen and oxygen atoms in total. The number of phenolic OH excluding ortho intramolecular Hbond substituents is 4. The van der Waals surface area contributed by atoms with Crippen LogP contribution in [-0.4, -0.2) is 141 Å². The van der Waals surface area contributed by atoms with E-state index in [9.17, 15) is 50.4 Å². The second-order valence-electron chi connectivity index (χ2n) is 12.9. The quantitative estimate of drug-likeness (QED) is 0.0758. The topological polar surface area (TPSA) is 263 Å². The van der Waals surface area contributed by atoms with E-state index >= 15 is 0 Å². The van der Waals surface area contributed by atoms with Gasteiger partial charge >= 0.3 is 11.9 Å². The fraction of sp³-hybridized carbons (Fsp3) is 0.543. The molecule has 0 spiro atoms. The number of hydrogen-bond acceptors (Lipinski definition) is 17. The van der Waals surface area contributed by atoms with E-state index in [1.807, 2.05) is 0 Å². The molecular weight excluding hydrogens is 690 g/mol. The molecule has 3 saturated heterocycles. The highest BCUT2D eigenvalue weighted by Gasteiger charge is 2.53. The third-order valence-electron chi connectivity index (χ3n) is 9.11. The van der Waals surface area contributed by atoms with Gasteiger partial charge in [-0.1, -0.05) is 12.1 Å². The minimum atomic E-state index is -1.79. The fourth-order valence-corrected chi connectivity index (χ4v) is 6.07. The number of aromatic hydroxyl groups is 4.